The van der Waals surface area contributed by atoms with E-state index in [2.05, 4.69) is 94.9 Å². The number of para-hydroxylation sites is 2. The van der Waals surface area contributed by atoms with Gasteiger partial charge in [0.15, 0.2) is 11.5 Å². The van der Waals surface area contributed by atoms with E-state index in [4.69, 9.17) is 5.11 Å². The molecule has 4 atom stereocenters. The van der Waals surface area contributed by atoms with Crippen LogP contribution in [0.5, 0.6) is 0 Å². The normalized spacial score (nSPS) is 16.9. The quantitative estimate of drug-likeness (QED) is 0.0113. The number of rotatable bonds is 41. The number of amides is 4. The standard InChI is InChI=1S/C75H94N6O17S3/c1-74(2)57-30-12-14-32-62(57)80(43-17-19-45-100(93,94)95)65(74)40-36-53-27-21-28-54(37-41-66-75(3,4)58-31-13-15-33-63(58)81(66)44-18-20-46-101(96,97)98)69(53)99-50-61(72(90)91)78-70(87)55(47-51-23-7-5-8-24-51)49-64(83)60(48-52-25-9-6-10-26-52)77-67(84)34-16-11-29-56(82)38-39-59(71(88)89)79-73(92)76-42-22-35-68(85)86/h5-10,12-15,23-26,30-33,36-37,40-41,55,59-61H,11,16-22,27-29,34-35,38-39,42-50H2,1-4H3,(H8-,76,77,78,79,84,85,86,87,88,89,90,91,92,93,94,95,96,97,98)/p+1/t55-,59-,60+,61-/m1/s1. The van der Waals surface area contributed by atoms with Gasteiger partial charge in [0.1, 0.15) is 24.4 Å². The number of carbonyl (C=O) groups excluding carboxylic acids is 5. The third-order valence-electron chi connectivity index (χ3n) is 18.5. The van der Waals surface area contributed by atoms with E-state index >= 15 is 0 Å². The molecule has 0 fully saturated rings. The molecule has 0 saturated carbocycles. The van der Waals surface area contributed by atoms with Gasteiger partial charge in [-0.15, -0.1) is 11.8 Å². The molecule has 9 N–H and O–H groups in total. The highest BCUT2D eigenvalue weighted by molar-refractivity contribution is 8.03. The van der Waals surface area contributed by atoms with Crippen LogP contribution in [0.3, 0.4) is 0 Å². The summed E-state index contributed by atoms with van der Waals surface area (Å²) in [5.74, 6) is -7.70. The second-order valence-corrected chi connectivity index (χ2v) is 31.1. The highest BCUT2D eigenvalue weighted by Crippen LogP contribution is 2.49. The molecule has 3 aliphatic rings. The summed E-state index contributed by atoms with van der Waals surface area (Å²) < 4.78 is 68.3. The Morgan fingerprint density at radius 1 is 0.614 bits per heavy atom. The molecule has 1 aliphatic carbocycles. The number of unbranched alkanes of at least 4 members (excludes halogenated alkanes) is 3. The molecule has 0 saturated heterocycles. The number of Topliss-reactive ketones (excluding diaryl/α,β-unsaturated/α-hetero) is 2. The summed E-state index contributed by atoms with van der Waals surface area (Å²) >= 11 is 1.29. The lowest BCUT2D eigenvalue weighted by atomic mass is 9.81. The SMILES string of the molecule is CC1(C)C(=CC=C2CCCC(C=CC3=[N+](CCCCS(=O)(=O)O)c4ccccc4C3(C)C)=C2SC[C@@H](NC(=O)[C@@H](CC(=O)[C@H](Cc2ccccc2)NC(=O)CCCCC(=O)CC[C@@H](NC(=O)NCCCC(=O)O)C(=O)O)Cc2ccccc2)C(=O)O)N(CCCCS(=O)(=O)O)c2ccccc21. The molecule has 0 radical (unpaired) electrons. The molecule has 4 aromatic rings. The molecule has 26 heteroatoms. The predicted octanol–water partition coefficient (Wildman–Crippen LogP) is 10.4. The van der Waals surface area contributed by atoms with Crippen LogP contribution < -0.4 is 26.2 Å². The summed E-state index contributed by atoms with van der Waals surface area (Å²) in [5.41, 5.74) is 8.16. The Labute approximate surface area is 596 Å². The maximum atomic E-state index is 14.9. The Hall–Kier alpha value is -8.56. The van der Waals surface area contributed by atoms with Crippen LogP contribution in [0.15, 0.2) is 155 Å². The average Bonchev–Trinajstić information content (AvgIpc) is 1.60. The molecule has 23 nitrogen and oxygen atoms in total. The van der Waals surface area contributed by atoms with Crippen molar-refractivity contribution in [3.63, 3.8) is 0 Å². The summed E-state index contributed by atoms with van der Waals surface area (Å²) in [6.45, 7) is 9.39. The van der Waals surface area contributed by atoms with Crippen LogP contribution in [0.25, 0.3) is 0 Å². The van der Waals surface area contributed by atoms with Gasteiger partial charge in [0.2, 0.25) is 17.5 Å². The van der Waals surface area contributed by atoms with Gasteiger partial charge < -0.3 is 41.5 Å². The third kappa shape index (κ3) is 24.3. The Bertz CT molecular complexity index is 4040. The molecule has 544 valence electrons. The van der Waals surface area contributed by atoms with Crippen molar-refractivity contribution in [3.8, 4) is 0 Å². The summed E-state index contributed by atoms with van der Waals surface area (Å²) in [6, 6.07) is 29.2. The molecule has 4 aromatic carbocycles. The molecule has 7 rings (SSSR count). The zero-order chi connectivity index (χ0) is 73.5. The predicted molar refractivity (Wildman–Crippen MR) is 388 cm³/mol. The molecular weight excluding hydrogens is 1350 g/mol. The number of nitrogens with one attached hydrogen (secondary N) is 4. The molecule has 0 spiro atoms. The van der Waals surface area contributed by atoms with Gasteiger partial charge in [-0.05, 0) is 131 Å². The van der Waals surface area contributed by atoms with Gasteiger partial charge >= 0.3 is 23.9 Å². The maximum absolute atomic E-state index is 14.9. The Balaban J connectivity index is 1.14. The average molecular weight is 1450 g/mol. The molecule has 4 amide bonds. The first kappa shape index (κ1) is 79.8. The second kappa shape index (κ2) is 37.4. The first-order valence-corrected chi connectivity index (χ1v) is 38.5. The van der Waals surface area contributed by atoms with Crippen LogP contribution in [0, 0.1) is 5.92 Å². The number of carboxylic acid groups (broad SMARTS) is 3. The number of carbonyl (C=O) groups is 8. The van der Waals surface area contributed by atoms with Gasteiger partial charge in [-0.3, -0.25) is 33.1 Å². The van der Waals surface area contributed by atoms with E-state index in [1.54, 1.807) is 60.7 Å². The lowest BCUT2D eigenvalue weighted by molar-refractivity contribution is -0.438. The van der Waals surface area contributed by atoms with Gasteiger partial charge in [-0.1, -0.05) is 123 Å². The van der Waals surface area contributed by atoms with Crippen molar-refractivity contribution >= 4 is 96.4 Å². The number of aliphatic carboxylic acids is 3. The van der Waals surface area contributed by atoms with E-state index in [0.29, 0.717) is 49.9 Å². The molecule has 101 heavy (non-hydrogen) atoms. The van der Waals surface area contributed by atoms with Gasteiger partial charge in [-0.2, -0.15) is 21.4 Å². The first-order chi connectivity index (χ1) is 47.9. The summed E-state index contributed by atoms with van der Waals surface area (Å²) in [4.78, 5) is 108. The number of allylic oxidation sites excluding steroid dienone is 7. The van der Waals surface area contributed by atoms with E-state index < -0.39 is 96.6 Å². The fourth-order valence-electron chi connectivity index (χ4n) is 13.1. The largest absolute Gasteiger partial charge is 0.481 e. The lowest BCUT2D eigenvalue weighted by Gasteiger charge is -2.28. The van der Waals surface area contributed by atoms with Crippen molar-refractivity contribution < 1.29 is 84.2 Å². The smallest absolute Gasteiger partial charge is 0.327 e. The van der Waals surface area contributed by atoms with Crippen LogP contribution in [0.2, 0.25) is 0 Å². The number of carboxylic acids is 3. The highest BCUT2D eigenvalue weighted by atomic mass is 32.2. The van der Waals surface area contributed by atoms with Gasteiger partial charge in [0.05, 0.1) is 23.0 Å². The van der Waals surface area contributed by atoms with Crippen LogP contribution >= 0.6 is 11.8 Å². The van der Waals surface area contributed by atoms with Crippen molar-refractivity contribution in [2.45, 2.75) is 172 Å². The topological polar surface area (TPSA) is 360 Å². The maximum Gasteiger partial charge on any atom is 0.327 e. The molecule has 2 aliphatic heterocycles. The van der Waals surface area contributed by atoms with Crippen molar-refractivity contribution in [1.82, 2.24) is 21.3 Å². The summed E-state index contributed by atoms with van der Waals surface area (Å²) in [5, 5.41) is 39.9. The number of anilines is 1. The Morgan fingerprint density at radius 3 is 1.88 bits per heavy atom. The van der Waals surface area contributed by atoms with E-state index in [1.807, 2.05) is 36.4 Å². The fraction of sp³-hybridized carbons (Fsp3) is 0.453. The third-order valence-corrected chi connectivity index (χ3v) is 21.4. The van der Waals surface area contributed by atoms with Crippen molar-refractivity contribution in [2.24, 2.45) is 5.92 Å². The van der Waals surface area contributed by atoms with E-state index in [-0.39, 0.29) is 113 Å². The molecule has 2 heterocycles. The summed E-state index contributed by atoms with van der Waals surface area (Å²) in [6.07, 6.45) is 11.2. The minimum atomic E-state index is -4.18. The second-order valence-electron chi connectivity index (χ2n) is 26.9. The Kier molecular flexibility index (Phi) is 29.5. The van der Waals surface area contributed by atoms with E-state index in [1.165, 1.54) is 11.8 Å². The number of nitrogens with zero attached hydrogens (tertiary/aromatic N) is 2. The van der Waals surface area contributed by atoms with Crippen LogP contribution in [0.4, 0.5) is 16.2 Å². The zero-order valence-electron chi connectivity index (χ0n) is 57.7. The van der Waals surface area contributed by atoms with Gasteiger partial charge in [-0.25, -0.2) is 14.4 Å². The van der Waals surface area contributed by atoms with Gasteiger partial charge in [0, 0.05) is 103 Å². The van der Waals surface area contributed by atoms with Crippen LogP contribution in [-0.2, 0) is 77.5 Å². The van der Waals surface area contributed by atoms with Crippen LogP contribution in [0.1, 0.15) is 153 Å². The zero-order valence-corrected chi connectivity index (χ0v) is 60.2. The number of hydrogen-bond acceptors (Lipinski definition) is 14. The number of hydrogen-bond donors (Lipinski definition) is 9. The molecular formula is C75H95N6O17S3+. The minimum Gasteiger partial charge on any atom is -0.481 e. The lowest BCUT2D eigenvalue weighted by Crippen LogP contribution is -2.48. The Morgan fingerprint density at radius 2 is 1.23 bits per heavy atom. The molecule has 0 bridgehead atoms. The minimum absolute atomic E-state index is 0.00411. The number of urea groups is 1. The number of benzene rings is 4. The van der Waals surface area contributed by atoms with Crippen molar-refractivity contribution in [3.05, 3.63) is 178 Å². The van der Waals surface area contributed by atoms with Crippen LogP contribution in [-0.4, -0.2) is 154 Å². The highest BCUT2D eigenvalue weighted by Gasteiger charge is 2.44. The first-order valence-electron chi connectivity index (χ1n) is 34.3. The molecule has 0 unspecified atom stereocenters. The molecule has 0 aromatic heterocycles. The van der Waals surface area contributed by atoms with Crippen molar-refractivity contribution in [1.29, 1.82) is 0 Å². The van der Waals surface area contributed by atoms with E-state index in [9.17, 15) is 74.5 Å². The monoisotopic (exact) mass is 1450 g/mol. The number of thioether (sulfide) groups is 1. The van der Waals surface area contributed by atoms with Gasteiger partial charge in [0.25, 0.3) is 20.2 Å². The van der Waals surface area contributed by atoms with Crippen molar-refractivity contribution in [2.75, 3.05) is 41.8 Å². The number of fused-ring (bicyclic) bond motifs is 2. The fourth-order valence-corrected chi connectivity index (χ4v) is 15.5. The number of ketones is 2. The summed E-state index contributed by atoms with van der Waals surface area (Å²) in [7, 11) is -8.36. The van der Waals surface area contributed by atoms with E-state index in [0.717, 1.165) is 56.4 Å².